The second-order valence-corrected chi connectivity index (χ2v) is 5.46. The predicted octanol–water partition coefficient (Wildman–Crippen LogP) is 2.12. The number of carboxylic acids is 1. The van der Waals surface area contributed by atoms with Gasteiger partial charge in [-0.1, -0.05) is 26.8 Å². The molecule has 0 spiro atoms. The molecule has 6 nitrogen and oxygen atoms in total. The van der Waals surface area contributed by atoms with E-state index in [2.05, 4.69) is 4.98 Å². The van der Waals surface area contributed by atoms with E-state index in [1.54, 1.807) is 22.6 Å². The molecule has 6 heteroatoms. The SMILES string of the molecule is COC(=O)c1cccc2c(C(=O)O)nc(C(C)(C)C)n12. The normalized spacial score (nSPS) is 11.6. The van der Waals surface area contributed by atoms with Crippen LogP contribution in [0.2, 0.25) is 0 Å². The molecule has 20 heavy (non-hydrogen) atoms. The number of aromatic nitrogens is 2. The molecule has 0 saturated carbocycles. The van der Waals surface area contributed by atoms with Gasteiger partial charge in [0, 0.05) is 5.41 Å². The van der Waals surface area contributed by atoms with Gasteiger partial charge in [-0.25, -0.2) is 14.6 Å². The molecule has 1 N–H and O–H groups in total. The number of carbonyl (C=O) groups is 2. The first kappa shape index (κ1) is 14.0. The molecule has 0 aliphatic rings. The van der Waals surface area contributed by atoms with Crippen molar-refractivity contribution < 1.29 is 19.4 Å². The number of aromatic carboxylic acids is 1. The fourth-order valence-corrected chi connectivity index (χ4v) is 2.06. The molecule has 0 bridgehead atoms. The van der Waals surface area contributed by atoms with Gasteiger partial charge in [-0.05, 0) is 12.1 Å². The monoisotopic (exact) mass is 276 g/mol. The Balaban J connectivity index is 2.92. The van der Waals surface area contributed by atoms with Gasteiger partial charge in [0.2, 0.25) is 0 Å². The predicted molar refractivity (Wildman–Crippen MR) is 72.2 cm³/mol. The summed E-state index contributed by atoms with van der Waals surface area (Å²) in [7, 11) is 1.28. The minimum absolute atomic E-state index is 0.0688. The van der Waals surface area contributed by atoms with Crippen LogP contribution in [0.4, 0.5) is 0 Å². The first-order valence-electron chi connectivity index (χ1n) is 6.11. The molecule has 0 aliphatic heterocycles. The lowest BCUT2D eigenvalue weighted by Crippen LogP contribution is -2.19. The van der Waals surface area contributed by atoms with E-state index in [1.165, 1.54) is 7.11 Å². The number of imidazole rings is 1. The van der Waals surface area contributed by atoms with Gasteiger partial charge in [-0.2, -0.15) is 0 Å². The maximum absolute atomic E-state index is 11.9. The van der Waals surface area contributed by atoms with E-state index >= 15 is 0 Å². The second-order valence-electron chi connectivity index (χ2n) is 5.46. The minimum atomic E-state index is -1.12. The minimum Gasteiger partial charge on any atom is -0.476 e. The van der Waals surface area contributed by atoms with Gasteiger partial charge in [0.1, 0.15) is 11.5 Å². The third-order valence-electron chi connectivity index (χ3n) is 2.93. The number of esters is 1. The standard InChI is InChI=1S/C14H16N2O4/c1-14(2,3)13-15-10(11(17)18)8-6-5-7-9(16(8)13)12(19)20-4/h5-7H,1-4H3,(H,17,18). The highest BCUT2D eigenvalue weighted by molar-refractivity contribution is 5.96. The van der Waals surface area contributed by atoms with Gasteiger partial charge in [0.05, 0.1) is 12.6 Å². The van der Waals surface area contributed by atoms with E-state index in [9.17, 15) is 14.7 Å². The molecule has 0 aliphatic carbocycles. The number of pyridine rings is 1. The second kappa shape index (κ2) is 4.63. The zero-order chi connectivity index (χ0) is 15.1. The molecule has 0 fully saturated rings. The van der Waals surface area contributed by atoms with Crippen LogP contribution in [0.1, 0.15) is 47.6 Å². The number of ether oxygens (including phenoxy) is 1. The number of nitrogens with zero attached hydrogens (tertiary/aromatic N) is 2. The Morgan fingerprint density at radius 2 is 1.95 bits per heavy atom. The maximum Gasteiger partial charge on any atom is 0.356 e. The molecule has 2 aromatic rings. The van der Waals surface area contributed by atoms with Crippen LogP contribution in [0.15, 0.2) is 18.2 Å². The number of rotatable bonds is 2. The van der Waals surface area contributed by atoms with Crippen molar-refractivity contribution in [1.29, 1.82) is 0 Å². The average molecular weight is 276 g/mol. The molecule has 2 rings (SSSR count). The number of hydrogen-bond acceptors (Lipinski definition) is 4. The Kier molecular flexibility index (Phi) is 3.25. The van der Waals surface area contributed by atoms with Crippen molar-refractivity contribution >= 4 is 17.5 Å². The quantitative estimate of drug-likeness (QED) is 0.850. The van der Waals surface area contributed by atoms with Crippen LogP contribution in [-0.2, 0) is 10.2 Å². The van der Waals surface area contributed by atoms with Crippen LogP contribution in [0.25, 0.3) is 5.52 Å². The Labute approximate surface area is 116 Å². The smallest absolute Gasteiger partial charge is 0.356 e. The van der Waals surface area contributed by atoms with Crippen LogP contribution in [0, 0.1) is 0 Å². The molecule has 0 saturated heterocycles. The summed E-state index contributed by atoms with van der Waals surface area (Å²) >= 11 is 0. The van der Waals surface area contributed by atoms with Crippen molar-refractivity contribution in [3.05, 3.63) is 35.4 Å². The van der Waals surface area contributed by atoms with E-state index in [0.717, 1.165) is 0 Å². The van der Waals surface area contributed by atoms with Crippen molar-refractivity contribution in [2.24, 2.45) is 0 Å². The Bertz CT molecular complexity index is 695. The van der Waals surface area contributed by atoms with E-state index in [1.807, 2.05) is 20.8 Å². The first-order valence-corrected chi connectivity index (χ1v) is 6.11. The van der Waals surface area contributed by atoms with Crippen LogP contribution in [0.3, 0.4) is 0 Å². The van der Waals surface area contributed by atoms with Gasteiger partial charge in [-0.15, -0.1) is 0 Å². The lowest BCUT2D eigenvalue weighted by Gasteiger charge is -2.18. The van der Waals surface area contributed by atoms with Gasteiger partial charge >= 0.3 is 11.9 Å². The lowest BCUT2D eigenvalue weighted by atomic mass is 9.95. The summed E-state index contributed by atoms with van der Waals surface area (Å²) in [4.78, 5) is 27.4. The van der Waals surface area contributed by atoms with Gasteiger partial charge in [0.15, 0.2) is 5.69 Å². The van der Waals surface area contributed by atoms with Crippen molar-refractivity contribution in [1.82, 2.24) is 9.38 Å². The highest BCUT2D eigenvalue weighted by Crippen LogP contribution is 2.26. The summed E-state index contributed by atoms with van der Waals surface area (Å²) in [5.41, 5.74) is 0.154. The summed E-state index contributed by atoms with van der Waals surface area (Å²) in [6.07, 6.45) is 0. The summed E-state index contributed by atoms with van der Waals surface area (Å²) in [5.74, 6) is -1.15. The van der Waals surface area contributed by atoms with Gasteiger partial charge in [0.25, 0.3) is 0 Å². The van der Waals surface area contributed by atoms with E-state index in [0.29, 0.717) is 11.3 Å². The Morgan fingerprint density at radius 1 is 1.30 bits per heavy atom. The highest BCUT2D eigenvalue weighted by atomic mass is 16.5. The number of hydrogen-bond donors (Lipinski definition) is 1. The third kappa shape index (κ3) is 2.13. The van der Waals surface area contributed by atoms with E-state index < -0.39 is 17.4 Å². The number of methoxy groups -OCH3 is 1. The molecular formula is C14H16N2O4. The molecule has 0 aromatic carbocycles. The van der Waals surface area contributed by atoms with Crippen LogP contribution in [0.5, 0.6) is 0 Å². The molecule has 106 valence electrons. The lowest BCUT2D eigenvalue weighted by molar-refractivity contribution is 0.0590. The van der Waals surface area contributed by atoms with Crippen LogP contribution >= 0.6 is 0 Å². The van der Waals surface area contributed by atoms with E-state index in [-0.39, 0.29) is 11.4 Å². The number of fused-ring (bicyclic) bond motifs is 1. The summed E-state index contributed by atoms with van der Waals surface area (Å²) in [6, 6.07) is 4.82. The zero-order valence-electron chi connectivity index (χ0n) is 11.8. The van der Waals surface area contributed by atoms with E-state index in [4.69, 9.17) is 4.74 Å². The topological polar surface area (TPSA) is 80.9 Å². The van der Waals surface area contributed by atoms with Crippen LogP contribution in [-0.4, -0.2) is 33.5 Å². The maximum atomic E-state index is 11.9. The molecule has 0 atom stereocenters. The third-order valence-corrected chi connectivity index (χ3v) is 2.93. The number of carboxylic acid groups (broad SMARTS) is 1. The zero-order valence-corrected chi connectivity index (χ0v) is 11.8. The Morgan fingerprint density at radius 3 is 2.45 bits per heavy atom. The summed E-state index contributed by atoms with van der Waals surface area (Å²) < 4.78 is 6.30. The van der Waals surface area contributed by atoms with Gasteiger partial charge < -0.3 is 9.84 Å². The molecular weight excluding hydrogens is 260 g/mol. The average Bonchev–Trinajstić information content (AvgIpc) is 2.77. The molecule has 2 heterocycles. The van der Waals surface area contributed by atoms with Crippen molar-refractivity contribution in [2.75, 3.05) is 7.11 Å². The molecule has 0 radical (unpaired) electrons. The number of carbonyl (C=O) groups excluding carboxylic acids is 1. The fraction of sp³-hybridized carbons (Fsp3) is 0.357. The van der Waals surface area contributed by atoms with Crippen LogP contribution < -0.4 is 0 Å². The summed E-state index contributed by atoms with van der Waals surface area (Å²) in [5, 5.41) is 9.26. The van der Waals surface area contributed by atoms with Crippen molar-refractivity contribution in [3.63, 3.8) is 0 Å². The fourth-order valence-electron chi connectivity index (χ4n) is 2.06. The highest BCUT2D eigenvalue weighted by Gasteiger charge is 2.27. The largest absolute Gasteiger partial charge is 0.476 e. The first-order chi connectivity index (χ1) is 9.27. The van der Waals surface area contributed by atoms with Crippen molar-refractivity contribution in [3.8, 4) is 0 Å². The molecule has 2 aromatic heterocycles. The summed E-state index contributed by atoms with van der Waals surface area (Å²) in [6.45, 7) is 5.71. The van der Waals surface area contributed by atoms with Crippen molar-refractivity contribution in [2.45, 2.75) is 26.2 Å². The molecule has 0 amide bonds. The molecule has 0 unspecified atom stereocenters. The van der Waals surface area contributed by atoms with Gasteiger partial charge in [-0.3, -0.25) is 4.40 Å². The Hall–Kier alpha value is -2.37.